The van der Waals surface area contributed by atoms with Crippen LogP contribution in [0.15, 0.2) is 46.6 Å². The van der Waals surface area contributed by atoms with Crippen LogP contribution in [0, 0.1) is 0 Å². The highest BCUT2D eigenvalue weighted by molar-refractivity contribution is 7.62. The van der Waals surface area contributed by atoms with Crippen molar-refractivity contribution in [3.63, 3.8) is 0 Å². The van der Waals surface area contributed by atoms with Crippen molar-refractivity contribution in [1.82, 2.24) is 0 Å². The third-order valence-corrected chi connectivity index (χ3v) is 6.56. The summed E-state index contributed by atoms with van der Waals surface area (Å²) >= 11 is 0. The highest BCUT2D eigenvalue weighted by atomic mass is 31.3. The molecule has 9 heteroatoms. The average Bonchev–Trinajstić information content (AvgIpc) is 2.52. The Morgan fingerprint density at radius 1 is 0.517 bits per heavy atom. The van der Waals surface area contributed by atoms with Gasteiger partial charge in [-0.15, -0.1) is 0 Å². The second-order valence-corrected chi connectivity index (χ2v) is 10.8. The fourth-order valence-corrected chi connectivity index (χ4v) is 4.38. The van der Waals surface area contributed by atoms with E-state index < -0.39 is 15.6 Å². The second-order valence-electron chi connectivity index (χ2n) is 7.29. The summed E-state index contributed by atoms with van der Waals surface area (Å²) in [4.78, 5) is 0. The topological polar surface area (TPSA) is 80.3 Å². The molecule has 7 nitrogen and oxygen atoms in total. The Bertz CT molecular complexity index is 592. The van der Waals surface area contributed by atoms with E-state index in [1.807, 2.05) is 55.4 Å². The predicted molar refractivity (Wildman–Crippen MR) is 118 cm³/mol. The first-order chi connectivity index (χ1) is 13.4. The van der Waals surface area contributed by atoms with E-state index in [0.29, 0.717) is 0 Å². The monoisotopic (exact) mass is 450 g/mol. The molecule has 0 heterocycles. The minimum Gasteiger partial charge on any atom is -0.282 e. The van der Waals surface area contributed by atoms with E-state index in [0.717, 1.165) is 22.3 Å². The first kappa shape index (κ1) is 28.2. The smallest absolute Gasteiger partial charge is 0.282 e. The molecule has 0 bridgehead atoms. The number of hydrogen-bond donors (Lipinski definition) is 0. The molecule has 0 saturated heterocycles. The van der Waals surface area contributed by atoms with E-state index in [-0.39, 0.29) is 26.4 Å². The number of rotatable bonds is 14. The van der Waals surface area contributed by atoms with Crippen LogP contribution in [-0.4, -0.2) is 26.4 Å². The van der Waals surface area contributed by atoms with Gasteiger partial charge in [0.05, 0.1) is 26.4 Å². The zero-order chi connectivity index (χ0) is 22.5. The molecule has 0 aliphatic carbocycles. The van der Waals surface area contributed by atoms with Crippen LogP contribution in [0.4, 0.5) is 0 Å². The number of phosphoric ester groups is 2. The van der Waals surface area contributed by atoms with E-state index in [1.54, 1.807) is 24.3 Å². The molecule has 0 aromatic rings. The van der Waals surface area contributed by atoms with Crippen molar-refractivity contribution in [1.29, 1.82) is 0 Å². The van der Waals surface area contributed by atoms with E-state index in [1.165, 1.54) is 0 Å². The summed E-state index contributed by atoms with van der Waals surface area (Å²) in [5, 5.41) is 0. The summed E-state index contributed by atoms with van der Waals surface area (Å²) < 4.78 is 52.7. The molecule has 0 aliphatic rings. The Morgan fingerprint density at radius 2 is 0.724 bits per heavy atom. The van der Waals surface area contributed by atoms with Crippen LogP contribution in [0.2, 0.25) is 0 Å². The van der Waals surface area contributed by atoms with E-state index >= 15 is 0 Å². The maximum absolute atomic E-state index is 13.1. The van der Waals surface area contributed by atoms with Crippen LogP contribution in [0.25, 0.3) is 0 Å². The molecular formula is C20H36O7P2. The first-order valence-corrected chi connectivity index (χ1v) is 12.3. The number of phosphoric acid groups is 2. The maximum atomic E-state index is 13.1. The summed E-state index contributed by atoms with van der Waals surface area (Å²) in [5.41, 5.74) is 3.85. The quantitative estimate of drug-likeness (QED) is 0.205. The summed E-state index contributed by atoms with van der Waals surface area (Å²) in [6, 6.07) is 0. The molecule has 0 saturated carbocycles. The third-order valence-electron chi connectivity index (χ3n) is 3.10. The lowest BCUT2D eigenvalue weighted by atomic mass is 10.3. The molecule has 0 N–H and O–H groups in total. The van der Waals surface area contributed by atoms with Gasteiger partial charge < -0.3 is 0 Å². The van der Waals surface area contributed by atoms with Crippen molar-refractivity contribution in [2.24, 2.45) is 0 Å². The van der Waals surface area contributed by atoms with Crippen molar-refractivity contribution in [3.05, 3.63) is 46.6 Å². The van der Waals surface area contributed by atoms with Crippen molar-refractivity contribution in [2.45, 2.75) is 55.4 Å². The third kappa shape index (κ3) is 15.7. The van der Waals surface area contributed by atoms with Crippen molar-refractivity contribution >= 4 is 15.6 Å². The largest absolute Gasteiger partial charge is 0.484 e. The average molecular weight is 450 g/mol. The molecular weight excluding hydrogens is 414 g/mol. The second kappa shape index (κ2) is 14.3. The predicted octanol–water partition coefficient (Wildman–Crippen LogP) is 7.15. The van der Waals surface area contributed by atoms with Crippen LogP contribution in [-0.2, 0) is 31.5 Å². The maximum Gasteiger partial charge on any atom is 0.484 e. The van der Waals surface area contributed by atoms with Crippen LogP contribution >= 0.6 is 15.6 Å². The minimum absolute atomic E-state index is 0.0314. The summed E-state index contributed by atoms with van der Waals surface area (Å²) in [5.74, 6) is 0. The van der Waals surface area contributed by atoms with Crippen LogP contribution in [0.1, 0.15) is 55.4 Å². The van der Waals surface area contributed by atoms with Gasteiger partial charge in [-0.1, -0.05) is 46.6 Å². The van der Waals surface area contributed by atoms with Gasteiger partial charge in [0.15, 0.2) is 0 Å². The number of hydrogen-bond acceptors (Lipinski definition) is 7. The van der Waals surface area contributed by atoms with Crippen LogP contribution in [0.5, 0.6) is 0 Å². The molecule has 0 spiro atoms. The van der Waals surface area contributed by atoms with Crippen LogP contribution < -0.4 is 0 Å². The molecule has 0 atom stereocenters. The molecule has 0 aliphatic heterocycles. The number of allylic oxidation sites excluding steroid dienone is 4. The molecule has 29 heavy (non-hydrogen) atoms. The standard InChI is InChI=1S/C20H36O7P2/c1-17(2)9-13-23-28(21,24-14-10-18(3)4)27-29(22,25-15-11-19(5)6)26-16-12-20(7)8/h9-12H,13-16H2,1-8H3. The summed E-state index contributed by atoms with van der Waals surface area (Å²) in [6.45, 7) is 14.8. The van der Waals surface area contributed by atoms with Crippen LogP contribution in [0.3, 0.4) is 0 Å². The summed E-state index contributed by atoms with van der Waals surface area (Å²) in [7, 11) is -8.45. The van der Waals surface area contributed by atoms with Gasteiger partial charge in [0, 0.05) is 0 Å². The van der Waals surface area contributed by atoms with Gasteiger partial charge in [0.2, 0.25) is 0 Å². The highest BCUT2D eigenvalue weighted by Gasteiger charge is 2.40. The van der Waals surface area contributed by atoms with Gasteiger partial charge in [0.1, 0.15) is 0 Å². The van der Waals surface area contributed by atoms with Gasteiger partial charge in [-0.25, -0.2) is 9.13 Å². The molecule has 0 fully saturated rings. The fourth-order valence-electron chi connectivity index (χ4n) is 1.47. The summed E-state index contributed by atoms with van der Waals surface area (Å²) in [6.07, 6.45) is 6.83. The van der Waals surface area contributed by atoms with Gasteiger partial charge >= 0.3 is 15.6 Å². The van der Waals surface area contributed by atoms with Crippen molar-refractivity contribution < 1.29 is 31.5 Å². The Hall–Kier alpha value is -0.780. The van der Waals surface area contributed by atoms with Crippen molar-refractivity contribution in [2.75, 3.05) is 26.4 Å². The lowest BCUT2D eigenvalue weighted by Gasteiger charge is -2.22. The zero-order valence-electron chi connectivity index (χ0n) is 18.9. The normalized spacial score (nSPS) is 11.6. The lowest BCUT2D eigenvalue weighted by Crippen LogP contribution is -2.05. The minimum atomic E-state index is -4.22. The van der Waals surface area contributed by atoms with E-state index in [4.69, 9.17) is 22.4 Å². The molecule has 0 unspecified atom stereocenters. The molecule has 0 amide bonds. The lowest BCUT2D eigenvalue weighted by molar-refractivity contribution is 0.130. The Morgan fingerprint density at radius 3 is 0.897 bits per heavy atom. The molecule has 0 aromatic heterocycles. The Labute approximate surface area is 176 Å². The van der Waals surface area contributed by atoms with E-state index in [2.05, 4.69) is 0 Å². The fraction of sp³-hybridized carbons (Fsp3) is 0.600. The Kier molecular flexibility index (Phi) is 13.9. The van der Waals surface area contributed by atoms with Gasteiger partial charge in [-0.3, -0.25) is 18.1 Å². The van der Waals surface area contributed by atoms with Gasteiger partial charge in [-0.05, 0) is 55.4 Å². The molecule has 0 radical (unpaired) electrons. The molecule has 0 aromatic carbocycles. The van der Waals surface area contributed by atoms with Gasteiger partial charge in [0.25, 0.3) is 0 Å². The highest BCUT2D eigenvalue weighted by Crippen LogP contribution is 2.66. The van der Waals surface area contributed by atoms with Gasteiger partial charge in [-0.2, -0.15) is 4.31 Å². The van der Waals surface area contributed by atoms with Crippen molar-refractivity contribution in [3.8, 4) is 0 Å². The SMILES string of the molecule is CC(C)=CCOP(=O)(OCC=C(C)C)OP(=O)(OCC=C(C)C)OCC=C(C)C. The Balaban J connectivity index is 5.53. The molecule has 168 valence electrons. The molecule has 0 rings (SSSR count). The zero-order valence-corrected chi connectivity index (χ0v) is 20.7. The van der Waals surface area contributed by atoms with E-state index in [9.17, 15) is 9.13 Å². The first-order valence-electron chi connectivity index (χ1n) is 9.40.